The molecule has 0 bridgehead atoms. The minimum Gasteiger partial charge on any atom is -0.462 e. The Morgan fingerprint density at radius 3 is 0.781 bits per heavy atom. The maximum atomic E-state index is 12.8. The molecule has 73 heavy (non-hydrogen) atoms. The molecule has 0 heterocycles. The van der Waals surface area contributed by atoms with Crippen LogP contribution in [0.4, 0.5) is 0 Å². The second kappa shape index (κ2) is 62.4. The molecule has 0 N–H and O–H groups in total. The molecule has 0 radical (unpaired) electrons. The first kappa shape index (κ1) is 70.9. The molecule has 0 aromatic carbocycles. The number of unbranched alkanes of at least 4 members (excludes halogenated alkanes) is 46. The van der Waals surface area contributed by atoms with Crippen molar-refractivity contribution < 1.29 is 28.6 Å². The number of hydrogen-bond donors (Lipinski definition) is 0. The molecule has 0 aromatic heterocycles. The minimum absolute atomic E-state index is 0.0716. The number of hydrogen-bond acceptors (Lipinski definition) is 6. The van der Waals surface area contributed by atoms with Crippen molar-refractivity contribution in [2.24, 2.45) is 0 Å². The van der Waals surface area contributed by atoms with Gasteiger partial charge in [0.2, 0.25) is 0 Å². The van der Waals surface area contributed by atoms with Crippen molar-refractivity contribution in [2.45, 2.75) is 374 Å². The van der Waals surface area contributed by atoms with E-state index in [1.165, 1.54) is 250 Å². The van der Waals surface area contributed by atoms with Crippen molar-refractivity contribution >= 4 is 17.9 Å². The van der Waals surface area contributed by atoms with Crippen LogP contribution >= 0.6 is 0 Å². The highest BCUT2D eigenvalue weighted by atomic mass is 16.6. The van der Waals surface area contributed by atoms with E-state index in [0.29, 0.717) is 19.3 Å². The summed E-state index contributed by atoms with van der Waals surface area (Å²) in [6, 6.07) is 0. The average Bonchev–Trinajstić information content (AvgIpc) is 3.39. The van der Waals surface area contributed by atoms with Crippen molar-refractivity contribution in [3.8, 4) is 0 Å². The molecule has 0 saturated heterocycles. The smallest absolute Gasteiger partial charge is 0.306 e. The molecule has 0 rings (SSSR count). The lowest BCUT2D eigenvalue weighted by Crippen LogP contribution is -2.30. The molecule has 0 aliphatic carbocycles. The molecule has 0 aromatic rings. The van der Waals surface area contributed by atoms with Crippen LogP contribution in [0.15, 0.2) is 24.3 Å². The lowest BCUT2D eigenvalue weighted by molar-refractivity contribution is -0.167. The molecular formula is C67H126O6. The maximum Gasteiger partial charge on any atom is 0.306 e. The standard InChI is InChI=1S/C67H126O6/c1-4-7-10-13-16-19-22-24-26-27-28-29-30-31-32-33-34-35-36-37-38-39-40-42-43-45-48-51-54-57-60-66(69)72-63-64(62-71-65(68)59-56-53-50-47-21-18-15-12-9-6-3)73-67(70)61-58-55-52-49-46-44-41-25-23-20-17-14-11-8-5-2/h17,20,25,41,64H,4-16,18-19,21-24,26-40,42-63H2,1-3H3/b20-17-,41-25-. The number of allylic oxidation sites excluding steroid dienone is 4. The fraction of sp³-hybridized carbons (Fsp3) is 0.896. The van der Waals surface area contributed by atoms with Crippen LogP contribution in [0, 0.1) is 0 Å². The maximum absolute atomic E-state index is 12.8. The van der Waals surface area contributed by atoms with Gasteiger partial charge >= 0.3 is 17.9 Å². The highest BCUT2D eigenvalue weighted by molar-refractivity contribution is 5.71. The summed E-state index contributed by atoms with van der Waals surface area (Å²) in [5.41, 5.74) is 0. The molecule has 6 heteroatoms. The zero-order chi connectivity index (χ0) is 52.9. The van der Waals surface area contributed by atoms with E-state index in [1.807, 2.05) is 0 Å². The number of carbonyl (C=O) groups excluding carboxylic acids is 3. The van der Waals surface area contributed by atoms with Gasteiger partial charge in [-0.15, -0.1) is 0 Å². The average molecular weight is 1030 g/mol. The molecule has 0 fully saturated rings. The van der Waals surface area contributed by atoms with E-state index >= 15 is 0 Å². The van der Waals surface area contributed by atoms with Crippen molar-refractivity contribution in [2.75, 3.05) is 13.2 Å². The first-order valence-corrected chi connectivity index (χ1v) is 32.8. The molecule has 1 unspecified atom stereocenters. The van der Waals surface area contributed by atoms with Gasteiger partial charge < -0.3 is 14.2 Å². The molecule has 1 atom stereocenters. The summed E-state index contributed by atoms with van der Waals surface area (Å²) in [4.78, 5) is 38.1. The molecule has 0 amide bonds. The largest absolute Gasteiger partial charge is 0.462 e. The van der Waals surface area contributed by atoms with Crippen molar-refractivity contribution in [1.82, 2.24) is 0 Å². The van der Waals surface area contributed by atoms with Gasteiger partial charge in [0.15, 0.2) is 6.10 Å². The van der Waals surface area contributed by atoms with E-state index in [0.717, 1.165) is 77.0 Å². The third-order valence-electron chi connectivity index (χ3n) is 15.0. The first-order chi connectivity index (χ1) is 36.0. The van der Waals surface area contributed by atoms with Gasteiger partial charge in [0, 0.05) is 19.3 Å². The molecule has 6 nitrogen and oxygen atoms in total. The first-order valence-electron chi connectivity index (χ1n) is 32.8. The highest BCUT2D eigenvalue weighted by Gasteiger charge is 2.19. The fourth-order valence-corrected chi connectivity index (χ4v) is 10.0. The zero-order valence-corrected chi connectivity index (χ0v) is 49.4. The van der Waals surface area contributed by atoms with E-state index in [4.69, 9.17) is 14.2 Å². The second-order valence-electron chi connectivity index (χ2n) is 22.4. The number of rotatable bonds is 61. The Morgan fingerprint density at radius 1 is 0.274 bits per heavy atom. The summed E-state index contributed by atoms with van der Waals surface area (Å²) in [6.07, 6.45) is 75.0. The third kappa shape index (κ3) is 60.6. The minimum atomic E-state index is -0.774. The van der Waals surface area contributed by atoms with Crippen molar-refractivity contribution in [3.05, 3.63) is 24.3 Å². The summed E-state index contributed by atoms with van der Waals surface area (Å²) in [5, 5.41) is 0. The fourth-order valence-electron chi connectivity index (χ4n) is 10.0. The third-order valence-corrected chi connectivity index (χ3v) is 15.0. The monoisotopic (exact) mass is 1030 g/mol. The van der Waals surface area contributed by atoms with Crippen molar-refractivity contribution in [1.29, 1.82) is 0 Å². The Balaban J connectivity index is 4.06. The summed E-state index contributed by atoms with van der Waals surface area (Å²) in [5.74, 6) is -0.864. The van der Waals surface area contributed by atoms with Gasteiger partial charge in [0.25, 0.3) is 0 Å². The van der Waals surface area contributed by atoms with Crippen LogP contribution in [-0.4, -0.2) is 37.2 Å². The molecule has 0 aliphatic heterocycles. The van der Waals surface area contributed by atoms with Gasteiger partial charge in [-0.25, -0.2) is 0 Å². The summed E-state index contributed by atoms with van der Waals surface area (Å²) >= 11 is 0. The van der Waals surface area contributed by atoms with Crippen LogP contribution in [0.2, 0.25) is 0 Å². The zero-order valence-electron chi connectivity index (χ0n) is 49.4. The lowest BCUT2D eigenvalue weighted by Gasteiger charge is -2.18. The Hall–Kier alpha value is -2.11. The highest BCUT2D eigenvalue weighted by Crippen LogP contribution is 2.18. The number of carbonyl (C=O) groups is 3. The van der Waals surface area contributed by atoms with Crippen LogP contribution in [0.5, 0.6) is 0 Å². The quantitative estimate of drug-likeness (QED) is 0.0261. The summed E-state index contributed by atoms with van der Waals surface area (Å²) in [7, 11) is 0. The number of ether oxygens (including phenoxy) is 3. The van der Waals surface area contributed by atoms with Gasteiger partial charge in [-0.3, -0.25) is 14.4 Å². The van der Waals surface area contributed by atoms with Crippen molar-refractivity contribution in [3.63, 3.8) is 0 Å². The van der Waals surface area contributed by atoms with Crippen LogP contribution in [-0.2, 0) is 28.6 Å². The van der Waals surface area contributed by atoms with Crippen LogP contribution in [0.25, 0.3) is 0 Å². The van der Waals surface area contributed by atoms with E-state index < -0.39 is 6.10 Å². The second-order valence-corrected chi connectivity index (χ2v) is 22.4. The molecule has 0 spiro atoms. The van der Waals surface area contributed by atoms with Gasteiger partial charge in [-0.05, 0) is 51.4 Å². The Labute approximate surface area is 455 Å². The molecule has 0 aliphatic rings. The predicted molar refractivity (Wildman–Crippen MR) is 316 cm³/mol. The van der Waals surface area contributed by atoms with Gasteiger partial charge in [-0.2, -0.15) is 0 Å². The van der Waals surface area contributed by atoms with E-state index in [1.54, 1.807) is 0 Å². The topological polar surface area (TPSA) is 78.9 Å². The summed E-state index contributed by atoms with van der Waals surface area (Å²) < 4.78 is 16.9. The summed E-state index contributed by atoms with van der Waals surface area (Å²) in [6.45, 7) is 6.65. The van der Waals surface area contributed by atoms with E-state index in [9.17, 15) is 14.4 Å². The lowest BCUT2D eigenvalue weighted by atomic mass is 10.0. The van der Waals surface area contributed by atoms with Gasteiger partial charge in [-0.1, -0.05) is 321 Å². The number of esters is 3. The van der Waals surface area contributed by atoms with Crippen LogP contribution in [0.1, 0.15) is 367 Å². The molecule has 430 valence electrons. The Bertz CT molecular complexity index is 1180. The molecular weight excluding hydrogens is 901 g/mol. The van der Waals surface area contributed by atoms with Crippen LogP contribution in [0.3, 0.4) is 0 Å². The van der Waals surface area contributed by atoms with Gasteiger partial charge in [0.05, 0.1) is 0 Å². The van der Waals surface area contributed by atoms with E-state index in [2.05, 4.69) is 45.1 Å². The normalized spacial score (nSPS) is 12.1. The Kier molecular flexibility index (Phi) is 60.6. The predicted octanol–water partition coefficient (Wildman–Crippen LogP) is 22.2. The van der Waals surface area contributed by atoms with Crippen LogP contribution < -0.4 is 0 Å². The van der Waals surface area contributed by atoms with E-state index in [-0.39, 0.29) is 31.1 Å². The molecule has 0 saturated carbocycles. The van der Waals surface area contributed by atoms with Gasteiger partial charge in [0.1, 0.15) is 13.2 Å². The Morgan fingerprint density at radius 2 is 0.493 bits per heavy atom. The SMILES string of the molecule is CCCCC/C=C\C/C=C\CCCCCCCC(=O)OC(COC(=O)CCCCCCCCCCCC)COC(=O)CCCCCCCCCCCCCCCCCCCCCCCCCCCCCCCC.